The zero-order chi connectivity index (χ0) is 16.9. The first-order valence-electron chi connectivity index (χ1n) is 8.07. The lowest BCUT2D eigenvalue weighted by Gasteiger charge is -2.10. The number of aromatic nitrogens is 2. The average molecular weight is 318 g/mol. The molecule has 0 spiro atoms. The van der Waals surface area contributed by atoms with Gasteiger partial charge < -0.3 is 10.6 Å². The highest BCUT2D eigenvalue weighted by Crippen LogP contribution is 2.18. The van der Waals surface area contributed by atoms with Gasteiger partial charge in [-0.25, -0.2) is 4.98 Å². The second kappa shape index (κ2) is 7.13. The van der Waals surface area contributed by atoms with Crippen LogP contribution >= 0.6 is 0 Å². The van der Waals surface area contributed by atoms with Crippen LogP contribution < -0.4 is 10.6 Å². The van der Waals surface area contributed by atoms with Crippen molar-refractivity contribution in [2.75, 3.05) is 10.6 Å². The first-order valence-corrected chi connectivity index (χ1v) is 8.07. The fourth-order valence-corrected chi connectivity index (χ4v) is 2.69. The van der Waals surface area contributed by atoms with E-state index in [0.717, 1.165) is 18.1 Å². The van der Waals surface area contributed by atoms with Crippen molar-refractivity contribution < 1.29 is 0 Å². The molecule has 0 saturated heterocycles. The monoisotopic (exact) mass is 318 g/mol. The molecule has 0 aliphatic heterocycles. The number of aryl methyl sites for hydroxylation is 3. The molecular weight excluding hydrogens is 296 g/mol. The SMILES string of the molecule is Cc1cc(C)cc(Nc2nccc(NCc3ccccc3C)n2)c1. The second-order valence-electron chi connectivity index (χ2n) is 6.05. The molecule has 0 amide bonds. The molecular formula is C20H22N4. The lowest BCUT2D eigenvalue weighted by molar-refractivity contribution is 1.07. The van der Waals surface area contributed by atoms with Gasteiger partial charge in [0.15, 0.2) is 0 Å². The summed E-state index contributed by atoms with van der Waals surface area (Å²) in [6.45, 7) is 7.02. The minimum absolute atomic E-state index is 0.592. The summed E-state index contributed by atoms with van der Waals surface area (Å²) in [6.07, 6.45) is 1.76. The molecule has 0 atom stereocenters. The maximum absolute atomic E-state index is 4.54. The minimum Gasteiger partial charge on any atom is -0.366 e. The maximum atomic E-state index is 4.54. The third-order valence-corrected chi connectivity index (χ3v) is 3.85. The van der Waals surface area contributed by atoms with Crippen LogP contribution in [0.1, 0.15) is 22.3 Å². The van der Waals surface area contributed by atoms with Crippen LogP contribution in [0.25, 0.3) is 0 Å². The van der Waals surface area contributed by atoms with Crippen molar-refractivity contribution in [3.63, 3.8) is 0 Å². The van der Waals surface area contributed by atoms with Crippen LogP contribution in [0.15, 0.2) is 54.7 Å². The number of anilines is 3. The quantitative estimate of drug-likeness (QED) is 0.712. The number of benzene rings is 2. The van der Waals surface area contributed by atoms with E-state index in [0.29, 0.717) is 5.95 Å². The van der Waals surface area contributed by atoms with Crippen LogP contribution in [-0.2, 0) is 6.54 Å². The fraction of sp³-hybridized carbons (Fsp3) is 0.200. The highest BCUT2D eigenvalue weighted by atomic mass is 15.1. The molecule has 2 aromatic carbocycles. The molecule has 0 radical (unpaired) electrons. The fourth-order valence-electron chi connectivity index (χ4n) is 2.69. The summed E-state index contributed by atoms with van der Waals surface area (Å²) in [5.74, 6) is 1.40. The van der Waals surface area contributed by atoms with Gasteiger partial charge >= 0.3 is 0 Å². The van der Waals surface area contributed by atoms with E-state index >= 15 is 0 Å². The molecule has 0 saturated carbocycles. The van der Waals surface area contributed by atoms with Crippen LogP contribution in [0.5, 0.6) is 0 Å². The van der Waals surface area contributed by atoms with Gasteiger partial charge in [-0.15, -0.1) is 0 Å². The third-order valence-electron chi connectivity index (χ3n) is 3.85. The summed E-state index contributed by atoms with van der Waals surface area (Å²) in [4.78, 5) is 8.84. The predicted octanol–water partition coefficient (Wildman–Crippen LogP) is 4.76. The third kappa shape index (κ3) is 4.10. The minimum atomic E-state index is 0.592. The van der Waals surface area contributed by atoms with E-state index in [1.807, 2.05) is 6.07 Å². The lowest BCUT2D eigenvalue weighted by Crippen LogP contribution is -2.05. The second-order valence-corrected chi connectivity index (χ2v) is 6.05. The Morgan fingerprint density at radius 3 is 2.42 bits per heavy atom. The van der Waals surface area contributed by atoms with Crippen molar-refractivity contribution in [3.8, 4) is 0 Å². The summed E-state index contributed by atoms with van der Waals surface area (Å²) < 4.78 is 0. The molecule has 0 unspecified atom stereocenters. The van der Waals surface area contributed by atoms with Crippen LogP contribution in [-0.4, -0.2) is 9.97 Å². The molecule has 3 rings (SSSR count). The number of hydrogen-bond acceptors (Lipinski definition) is 4. The number of nitrogens with one attached hydrogen (secondary N) is 2. The smallest absolute Gasteiger partial charge is 0.229 e. The van der Waals surface area contributed by atoms with E-state index in [1.165, 1.54) is 22.3 Å². The Bertz CT molecular complexity index is 822. The number of hydrogen-bond donors (Lipinski definition) is 2. The van der Waals surface area contributed by atoms with Gasteiger partial charge in [0.05, 0.1) is 0 Å². The van der Waals surface area contributed by atoms with Crippen LogP contribution in [0.4, 0.5) is 17.5 Å². The molecule has 1 aromatic heterocycles. The maximum Gasteiger partial charge on any atom is 0.229 e. The van der Waals surface area contributed by atoms with Crippen LogP contribution in [0, 0.1) is 20.8 Å². The summed E-state index contributed by atoms with van der Waals surface area (Å²) in [5, 5.41) is 6.63. The summed E-state index contributed by atoms with van der Waals surface area (Å²) >= 11 is 0. The van der Waals surface area contributed by atoms with E-state index in [-0.39, 0.29) is 0 Å². The Labute approximate surface area is 143 Å². The zero-order valence-corrected chi connectivity index (χ0v) is 14.3. The standard InChI is InChI=1S/C20H22N4/c1-14-10-15(2)12-18(11-14)23-20-21-9-8-19(24-20)22-13-17-7-5-4-6-16(17)3/h4-12H,13H2,1-3H3,(H2,21,22,23,24). The largest absolute Gasteiger partial charge is 0.366 e. The Balaban J connectivity index is 1.71. The predicted molar refractivity (Wildman–Crippen MR) is 99.7 cm³/mol. The molecule has 0 fully saturated rings. The van der Waals surface area contributed by atoms with E-state index in [2.05, 4.69) is 83.8 Å². The van der Waals surface area contributed by atoms with Crippen LogP contribution in [0.2, 0.25) is 0 Å². The normalized spacial score (nSPS) is 10.5. The lowest BCUT2D eigenvalue weighted by atomic mass is 10.1. The number of rotatable bonds is 5. The molecule has 4 heteroatoms. The molecule has 0 aliphatic carbocycles. The highest BCUT2D eigenvalue weighted by molar-refractivity contribution is 5.57. The highest BCUT2D eigenvalue weighted by Gasteiger charge is 2.03. The van der Waals surface area contributed by atoms with Gasteiger partial charge in [-0.2, -0.15) is 4.98 Å². The molecule has 1 heterocycles. The summed E-state index contributed by atoms with van der Waals surface area (Å²) in [6, 6.07) is 16.5. The Kier molecular flexibility index (Phi) is 4.75. The van der Waals surface area contributed by atoms with E-state index in [4.69, 9.17) is 0 Å². The Hall–Kier alpha value is -2.88. The summed E-state index contributed by atoms with van der Waals surface area (Å²) in [7, 11) is 0. The van der Waals surface area contributed by atoms with Crippen molar-refractivity contribution in [1.29, 1.82) is 0 Å². The van der Waals surface area contributed by atoms with Gasteiger partial charge in [-0.05, 0) is 61.2 Å². The van der Waals surface area contributed by atoms with Crippen molar-refractivity contribution in [2.24, 2.45) is 0 Å². The Morgan fingerprint density at radius 2 is 1.67 bits per heavy atom. The van der Waals surface area contributed by atoms with Gasteiger partial charge in [-0.3, -0.25) is 0 Å². The molecule has 4 nitrogen and oxygen atoms in total. The van der Waals surface area contributed by atoms with Gasteiger partial charge in [0, 0.05) is 18.4 Å². The van der Waals surface area contributed by atoms with E-state index < -0.39 is 0 Å². The zero-order valence-electron chi connectivity index (χ0n) is 14.3. The first kappa shape index (κ1) is 16.0. The van der Waals surface area contributed by atoms with E-state index in [1.54, 1.807) is 6.20 Å². The molecule has 122 valence electrons. The molecule has 24 heavy (non-hydrogen) atoms. The average Bonchev–Trinajstić information content (AvgIpc) is 2.53. The molecule has 0 aliphatic rings. The topological polar surface area (TPSA) is 49.8 Å². The van der Waals surface area contributed by atoms with Crippen molar-refractivity contribution in [1.82, 2.24) is 9.97 Å². The van der Waals surface area contributed by atoms with Crippen molar-refractivity contribution in [2.45, 2.75) is 27.3 Å². The van der Waals surface area contributed by atoms with E-state index in [9.17, 15) is 0 Å². The van der Waals surface area contributed by atoms with Crippen molar-refractivity contribution >= 4 is 17.5 Å². The van der Waals surface area contributed by atoms with Crippen LogP contribution in [0.3, 0.4) is 0 Å². The van der Waals surface area contributed by atoms with Gasteiger partial charge in [0.2, 0.25) is 5.95 Å². The van der Waals surface area contributed by atoms with Gasteiger partial charge in [0.25, 0.3) is 0 Å². The van der Waals surface area contributed by atoms with Gasteiger partial charge in [-0.1, -0.05) is 30.3 Å². The molecule has 0 bridgehead atoms. The molecule has 3 aromatic rings. The van der Waals surface area contributed by atoms with Crippen molar-refractivity contribution in [3.05, 3.63) is 77.0 Å². The number of nitrogens with zero attached hydrogens (tertiary/aromatic N) is 2. The molecule has 2 N–H and O–H groups in total. The Morgan fingerprint density at radius 1 is 0.917 bits per heavy atom. The summed E-state index contributed by atoms with van der Waals surface area (Å²) in [5.41, 5.74) is 5.97. The van der Waals surface area contributed by atoms with Gasteiger partial charge in [0.1, 0.15) is 5.82 Å². The first-order chi connectivity index (χ1) is 11.6.